The number of nitrogens with one attached hydrogen (secondary N) is 1. The zero-order valence-electron chi connectivity index (χ0n) is 16.7. The molecule has 0 amide bonds. The molecule has 31 heavy (non-hydrogen) atoms. The summed E-state index contributed by atoms with van der Waals surface area (Å²) in [6.45, 7) is 1.68. The summed E-state index contributed by atoms with van der Waals surface area (Å²) >= 11 is 8.05. The first kappa shape index (κ1) is 19.3. The van der Waals surface area contributed by atoms with Crippen LogP contribution in [0.25, 0.3) is 21.3 Å². The van der Waals surface area contributed by atoms with E-state index in [1.165, 1.54) is 0 Å². The smallest absolute Gasteiger partial charge is 0.181 e. The number of benzene rings is 1. The van der Waals surface area contributed by atoms with E-state index in [4.69, 9.17) is 20.9 Å². The van der Waals surface area contributed by atoms with Gasteiger partial charge in [-0.15, -0.1) is 11.3 Å². The lowest BCUT2D eigenvalue weighted by Crippen LogP contribution is -2.25. The summed E-state index contributed by atoms with van der Waals surface area (Å²) < 4.78 is 13.3. The van der Waals surface area contributed by atoms with Crippen LogP contribution < -0.4 is 10.1 Å². The summed E-state index contributed by atoms with van der Waals surface area (Å²) in [6, 6.07) is 7.85. The third kappa shape index (κ3) is 3.24. The fourth-order valence-corrected chi connectivity index (χ4v) is 5.78. The van der Waals surface area contributed by atoms with Gasteiger partial charge in [0.15, 0.2) is 11.9 Å². The molecule has 8 heteroatoms. The minimum absolute atomic E-state index is 0.00265. The van der Waals surface area contributed by atoms with E-state index in [-0.39, 0.29) is 12.7 Å². The summed E-state index contributed by atoms with van der Waals surface area (Å²) in [5.41, 5.74) is 6.07. The van der Waals surface area contributed by atoms with E-state index in [1.54, 1.807) is 17.5 Å². The molecule has 6 rings (SSSR count). The molecule has 2 aliphatic rings. The molecule has 0 radical (unpaired) electrons. The van der Waals surface area contributed by atoms with E-state index >= 15 is 0 Å². The molecule has 1 atom stereocenters. The quantitative estimate of drug-likeness (QED) is 0.463. The first-order chi connectivity index (χ1) is 15.2. The lowest BCUT2D eigenvalue weighted by molar-refractivity contribution is 0.140. The van der Waals surface area contributed by atoms with Crippen LogP contribution in [0.3, 0.4) is 0 Å². The molecule has 5 heterocycles. The number of aliphatic hydroxyl groups is 1. The summed E-state index contributed by atoms with van der Waals surface area (Å²) in [5, 5.41) is 18.0. The van der Waals surface area contributed by atoms with E-state index in [0.29, 0.717) is 5.02 Å². The Morgan fingerprint density at radius 3 is 3.06 bits per heavy atom. The van der Waals surface area contributed by atoms with Gasteiger partial charge in [-0.1, -0.05) is 16.8 Å². The molecule has 1 aromatic carbocycles. The number of nitrogens with zero attached hydrogens (tertiary/aromatic N) is 2. The first-order valence-corrected chi connectivity index (χ1v) is 11.6. The van der Waals surface area contributed by atoms with E-state index in [0.717, 1.165) is 86.9 Å². The lowest BCUT2D eigenvalue weighted by Gasteiger charge is -2.28. The standard InChI is InChI=1S/C23H20ClN3O3S/c24-13-7-12-1-2-20(22-17-10-25-5-4-18(17)27-30-22)29-21(12)16(8-13)15-3-6-26-19-9-14(11-28)31-23(15)19/h3,6-9,20,25,28H,1-2,4-5,10-11H2. The van der Waals surface area contributed by atoms with Crippen molar-refractivity contribution in [1.82, 2.24) is 15.5 Å². The maximum absolute atomic E-state index is 9.59. The fourth-order valence-electron chi connectivity index (χ4n) is 4.54. The Kier molecular flexibility index (Phi) is 4.72. The van der Waals surface area contributed by atoms with Crippen LogP contribution >= 0.6 is 22.9 Å². The number of hydrogen-bond donors (Lipinski definition) is 2. The number of hydrogen-bond acceptors (Lipinski definition) is 7. The van der Waals surface area contributed by atoms with Crippen molar-refractivity contribution in [2.24, 2.45) is 0 Å². The monoisotopic (exact) mass is 453 g/mol. The zero-order valence-corrected chi connectivity index (χ0v) is 18.2. The van der Waals surface area contributed by atoms with Crippen molar-refractivity contribution in [3.63, 3.8) is 0 Å². The second-order valence-electron chi connectivity index (χ2n) is 7.93. The molecule has 2 N–H and O–H groups in total. The van der Waals surface area contributed by atoms with E-state index in [9.17, 15) is 5.11 Å². The molecule has 3 aromatic heterocycles. The summed E-state index contributed by atoms with van der Waals surface area (Å²) in [7, 11) is 0. The van der Waals surface area contributed by atoms with Gasteiger partial charge in [-0.2, -0.15) is 0 Å². The van der Waals surface area contributed by atoms with Gasteiger partial charge in [0.05, 0.1) is 22.5 Å². The number of pyridine rings is 1. The third-order valence-corrected chi connectivity index (χ3v) is 7.37. The predicted octanol–water partition coefficient (Wildman–Crippen LogP) is 4.81. The Bertz CT molecular complexity index is 1300. The maximum atomic E-state index is 9.59. The van der Waals surface area contributed by atoms with Crippen molar-refractivity contribution in [1.29, 1.82) is 0 Å². The summed E-state index contributed by atoms with van der Waals surface area (Å²) in [6.07, 6.45) is 4.14. The molecule has 0 bridgehead atoms. The number of aromatic nitrogens is 2. The van der Waals surface area contributed by atoms with Gasteiger partial charge in [0.25, 0.3) is 0 Å². The highest BCUT2D eigenvalue weighted by Crippen LogP contribution is 2.46. The van der Waals surface area contributed by atoms with Crippen molar-refractivity contribution < 1.29 is 14.4 Å². The lowest BCUT2D eigenvalue weighted by atomic mass is 9.93. The van der Waals surface area contributed by atoms with Crippen LogP contribution in [-0.4, -0.2) is 21.8 Å². The topological polar surface area (TPSA) is 80.4 Å². The highest BCUT2D eigenvalue weighted by molar-refractivity contribution is 7.19. The van der Waals surface area contributed by atoms with Crippen molar-refractivity contribution >= 4 is 33.2 Å². The highest BCUT2D eigenvalue weighted by Gasteiger charge is 2.32. The second-order valence-corrected chi connectivity index (χ2v) is 9.50. The highest BCUT2D eigenvalue weighted by atomic mass is 35.5. The van der Waals surface area contributed by atoms with Crippen LogP contribution in [0.4, 0.5) is 0 Å². The molecule has 2 aliphatic heterocycles. The molecule has 4 aromatic rings. The molecule has 1 unspecified atom stereocenters. The number of fused-ring (bicyclic) bond motifs is 3. The Balaban J connectivity index is 1.46. The van der Waals surface area contributed by atoms with E-state index in [1.807, 2.05) is 24.3 Å². The van der Waals surface area contributed by atoms with Crippen LogP contribution in [0, 0.1) is 0 Å². The average molecular weight is 454 g/mol. The van der Waals surface area contributed by atoms with Gasteiger partial charge in [-0.05, 0) is 42.7 Å². The van der Waals surface area contributed by atoms with Gasteiger partial charge in [0, 0.05) is 52.3 Å². The Labute approximate surface area is 187 Å². The predicted molar refractivity (Wildman–Crippen MR) is 120 cm³/mol. The number of ether oxygens (including phenoxy) is 1. The Morgan fingerprint density at radius 1 is 1.23 bits per heavy atom. The van der Waals surface area contributed by atoms with Crippen LogP contribution in [0.2, 0.25) is 5.02 Å². The van der Waals surface area contributed by atoms with Gasteiger partial charge in [-0.3, -0.25) is 4.98 Å². The normalized spacial score (nSPS) is 17.9. The average Bonchev–Trinajstić information content (AvgIpc) is 3.42. The number of thiophene rings is 1. The summed E-state index contributed by atoms with van der Waals surface area (Å²) in [4.78, 5) is 5.35. The fraction of sp³-hybridized carbons (Fsp3) is 0.304. The number of rotatable bonds is 3. The summed E-state index contributed by atoms with van der Waals surface area (Å²) in [5.74, 6) is 1.66. The number of halogens is 1. The largest absolute Gasteiger partial charge is 0.481 e. The maximum Gasteiger partial charge on any atom is 0.181 e. The van der Waals surface area contributed by atoms with Crippen LogP contribution in [-0.2, 0) is 26.0 Å². The molecular formula is C23H20ClN3O3S. The van der Waals surface area contributed by atoms with Gasteiger partial charge < -0.3 is 19.7 Å². The van der Waals surface area contributed by atoms with Crippen molar-refractivity contribution in [3.05, 3.63) is 62.9 Å². The molecule has 6 nitrogen and oxygen atoms in total. The molecule has 0 spiro atoms. The van der Waals surface area contributed by atoms with Gasteiger partial charge >= 0.3 is 0 Å². The van der Waals surface area contributed by atoms with Crippen molar-refractivity contribution in [2.45, 2.75) is 38.5 Å². The van der Waals surface area contributed by atoms with Gasteiger partial charge in [-0.25, -0.2) is 0 Å². The van der Waals surface area contributed by atoms with Crippen LogP contribution in [0.5, 0.6) is 5.75 Å². The minimum Gasteiger partial charge on any atom is -0.481 e. The van der Waals surface area contributed by atoms with Gasteiger partial charge in [0.2, 0.25) is 0 Å². The van der Waals surface area contributed by atoms with Crippen LogP contribution in [0.15, 0.2) is 35.0 Å². The second kappa shape index (κ2) is 7.60. The minimum atomic E-state index is -0.183. The molecule has 158 valence electrons. The molecule has 0 saturated heterocycles. The zero-order chi connectivity index (χ0) is 20.9. The Hall–Kier alpha value is -2.45. The SMILES string of the molecule is OCc1cc2nccc(-c3cc(Cl)cc4c3OC(c3onc5c3CNCC5)CC4)c2s1. The van der Waals surface area contributed by atoms with Crippen molar-refractivity contribution in [3.8, 4) is 16.9 Å². The Morgan fingerprint density at radius 2 is 2.16 bits per heavy atom. The molecule has 0 saturated carbocycles. The third-order valence-electron chi connectivity index (χ3n) is 6.01. The van der Waals surface area contributed by atoms with Crippen LogP contribution in [0.1, 0.15) is 40.0 Å². The number of aryl methyl sites for hydroxylation is 1. The van der Waals surface area contributed by atoms with E-state index in [2.05, 4.69) is 15.5 Å². The first-order valence-electron chi connectivity index (χ1n) is 10.4. The molecular weight excluding hydrogens is 434 g/mol. The molecule has 0 aliphatic carbocycles. The molecule has 0 fully saturated rings. The van der Waals surface area contributed by atoms with Crippen molar-refractivity contribution in [2.75, 3.05) is 6.54 Å². The van der Waals surface area contributed by atoms with Gasteiger partial charge in [0.1, 0.15) is 5.75 Å². The van der Waals surface area contributed by atoms with E-state index < -0.39 is 0 Å². The number of aliphatic hydroxyl groups excluding tert-OH is 1.